The van der Waals surface area contributed by atoms with E-state index in [1.807, 2.05) is 56.6 Å². The Kier molecular flexibility index (Phi) is 7.48. The first-order valence-corrected chi connectivity index (χ1v) is 8.71. The molecule has 1 N–H and O–H groups in total. The molecule has 0 aliphatic heterocycles. The molecule has 25 heavy (non-hydrogen) atoms. The maximum absolute atomic E-state index is 12.1. The number of carbonyl (C=O) groups is 1. The van der Waals surface area contributed by atoms with Crippen molar-refractivity contribution < 1.29 is 9.53 Å². The van der Waals surface area contributed by atoms with E-state index < -0.39 is 0 Å². The zero-order valence-corrected chi connectivity index (χ0v) is 15.4. The maximum Gasteiger partial charge on any atom is 0.220 e. The van der Waals surface area contributed by atoms with Gasteiger partial charge in [-0.2, -0.15) is 0 Å². The highest BCUT2D eigenvalue weighted by molar-refractivity contribution is 5.75. The van der Waals surface area contributed by atoms with Crippen molar-refractivity contribution >= 4 is 5.91 Å². The lowest BCUT2D eigenvalue weighted by molar-refractivity contribution is -0.121. The van der Waals surface area contributed by atoms with Crippen molar-refractivity contribution in [2.75, 3.05) is 27.7 Å². The third-order valence-corrected chi connectivity index (χ3v) is 4.33. The van der Waals surface area contributed by atoms with E-state index in [4.69, 9.17) is 4.74 Å². The van der Waals surface area contributed by atoms with Crippen molar-refractivity contribution in [1.29, 1.82) is 0 Å². The fraction of sp³-hybridized carbons (Fsp3) is 0.381. The van der Waals surface area contributed by atoms with Crippen LogP contribution in [0.25, 0.3) is 0 Å². The van der Waals surface area contributed by atoms with Crippen LogP contribution in [-0.2, 0) is 11.2 Å². The van der Waals surface area contributed by atoms with E-state index in [2.05, 4.69) is 22.3 Å². The normalized spacial score (nSPS) is 12.0. The summed E-state index contributed by atoms with van der Waals surface area (Å²) in [7, 11) is 5.71. The molecular formula is C21H28N2O2. The fourth-order valence-electron chi connectivity index (χ4n) is 2.82. The summed E-state index contributed by atoms with van der Waals surface area (Å²) in [4.78, 5) is 14.3. The summed E-state index contributed by atoms with van der Waals surface area (Å²) in [6.07, 6.45) is 2.35. The number of methoxy groups -OCH3 is 1. The highest BCUT2D eigenvalue weighted by atomic mass is 16.5. The number of hydrogen-bond donors (Lipinski definition) is 1. The minimum absolute atomic E-state index is 0.108. The number of nitrogens with one attached hydrogen (secondary N) is 1. The van der Waals surface area contributed by atoms with Gasteiger partial charge in [-0.1, -0.05) is 42.5 Å². The number of ether oxygens (including phenoxy) is 1. The van der Waals surface area contributed by atoms with Gasteiger partial charge in [0, 0.05) is 13.0 Å². The molecule has 0 saturated heterocycles. The summed E-state index contributed by atoms with van der Waals surface area (Å²) >= 11 is 0. The molecule has 4 nitrogen and oxygen atoms in total. The van der Waals surface area contributed by atoms with E-state index in [1.54, 1.807) is 7.11 Å². The number of rotatable bonds is 9. The van der Waals surface area contributed by atoms with Gasteiger partial charge in [0.15, 0.2) is 0 Å². The molecule has 0 heterocycles. The molecule has 2 aromatic rings. The summed E-state index contributed by atoms with van der Waals surface area (Å²) < 4.78 is 5.21. The van der Waals surface area contributed by atoms with E-state index in [0.717, 1.165) is 24.2 Å². The predicted molar refractivity (Wildman–Crippen MR) is 102 cm³/mol. The first kappa shape index (κ1) is 19.0. The maximum atomic E-state index is 12.1. The van der Waals surface area contributed by atoms with Gasteiger partial charge < -0.3 is 15.0 Å². The van der Waals surface area contributed by atoms with Gasteiger partial charge in [-0.25, -0.2) is 0 Å². The second kappa shape index (κ2) is 9.84. The minimum atomic E-state index is 0.108. The van der Waals surface area contributed by atoms with Crippen LogP contribution in [0.15, 0.2) is 54.6 Å². The third kappa shape index (κ3) is 6.24. The molecule has 0 fully saturated rings. The molecule has 1 amide bonds. The molecule has 0 bridgehead atoms. The highest BCUT2D eigenvalue weighted by Crippen LogP contribution is 2.20. The SMILES string of the molecule is COc1ccc([C@@H](CNC(=O)CCCc2ccccc2)N(C)C)cc1. The van der Waals surface area contributed by atoms with Crippen molar-refractivity contribution in [3.8, 4) is 5.75 Å². The molecule has 2 aromatic carbocycles. The van der Waals surface area contributed by atoms with E-state index in [1.165, 1.54) is 5.56 Å². The average molecular weight is 340 g/mol. The van der Waals surface area contributed by atoms with Gasteiger partial charge in [-0.15, -0.1) is 0 Å². The van der Waals surface area contributed by atoms with Crippen molar-refractivity contribution in [2.45, 2.75) is 25.3 Å². The Hall–Kier alpha value is -2.33. The number of hydrogen-bond acceptors (Lipinski definition) is 3. The van der Waals surface area contributed by atoms with Crippen LogP contribution in [-0.4, -0.2) is 38.6 Å². The predicted octanol–water partition coefficient (Wildman–Crippen LogP) is 3.44. The topological polar surface area (TPSA) is 41.6 Å². The first-order chi connectivity index (χ1) is 12.1. The Balaban J connectivity index is 1.80. The standard InChI is InChI=1S/C21H28N2O2/c1-23(2)20(18-12-14-19(25-3)15-13-18)16-22-21(24)11-7-10-17-8-5-4-6-9-17/h4-6,8-9,12-15,20H,7,10-11,16H2,1-3H3,(H,22,24)/t20-/m1/s1. The number of likely N-dealkylation sites (N-methyl/N-ethyl adjacent to an activating group) is 1. The Bertz CT molecular complexity index is 639. The van der Waals surface area contributed by atoms with Crippen LogP contribution in [0.1, 0.15) is 30.0 Å². The number of benzene rings is 2. The third-order valence-electron chi connectivity index (χ3n) is 4.33. The lowest BCUT2D eigenvalue weighted by Crippen LogP contribution is -2.34. The van der Waals surface area contributed by atoms with Crippen LogP contribution in [0, 0.1) is 0 Å². The van der Waals surface area contributed by atoms with Crippen molar-refractivity contribution in [1.82, 2.24) is 10.2 Å². The molecule has 0 spiro atoms. The quantitative estimate of drug-likeness (QED) is 0.760. The van der Waals surface area contributed by atoms with Gasteiger partial charge in [0.1, 0.15) is 5.75 Å². The van der Waals surface area contributed by atoms with Gasteiger partial charge in [0.25, 0.3) is 0 Å². The van der Waals surface area contributed by atoms with Crippen LogP contribution in [0.5, 0.6) is 5.75 Å². The molecule has 0 aliphatic carbocycles. The second-order valence-electron chi connectivity index (χ2n) is 6.40. The van der Waals surface area contributed by atoms with E-state index in [-0.39, 0.29) is 11.9 Å². The Morgan fingerprint density at radius 2 is 1.76 bits per heavy atom. The molecule has 0 aromatic heterocycles. The van der Waals surface area contributed by atoms with Gasteiger partial charge in [0.05, 0.1) is 13.2 Å². The highest BCUT2D eigenvalue weighted by Gasteiger charge is 2.15. The Morgan fingerprint density at radius 1 is 1.08 bits per heavy atom. The van der Waals surface area contributed by atoms with Gasteiger partial charge in [0.2, 0.25) is 5.91 Å². The smallest absolute Gasteiger partial charge is 0.220 e. The van der Waals surface area contributed by atoms with E-state index >= 15 is 0 Å². The van der Waals surface area contributed by atoms with E-state index in [9.17, 15) is 4.79 Å². The zero-order chi connectivity index (χ0) is 18.1. The van der Waals surface area contributed by atoms with Gasteiger partial charge >= 0.3 is 0 Å². The Labute approximate surface area is 150 Å². The number of nitrogens with zero attached hydrogens (tertiary/aromatic N) is 1. The average Bonchev–Trinajstić information content (AvgIpc) is 2.63. The molecule has 0 unspecified atom stereocenters. The minimum Gasteiger partial charge on any atom is -0.497 e. The fourth-order valence-corrected chi connectivity index (χ4v) is 2.82. The molecular weight excluding hydrogens is 312 g/mol. The summed E-state index contributed by atoms with van der Waals surface area (Å²) in [6.45, 7) is 0.601. The van der Waals surface area contributed by atoms with Crippen LogP contribution in [0.2, 0.25) is 0 Å². The van der Waals surface area contributed by atoms with Crippen molar-refractivity contribution in [3.05, 3.63) is 65.7 Å². The molecule has 1 atom stereocenters. The molecule has 134 valence electrons. The number of aryl methyl sites for hydroxylation is 1. The molecule has 0 aliphatic rings. The lowest BCUT2D eigenvalue weighted by Gasteiger charge is -2.25. The van der Waals surface area contributed by atoms with Gasteiger partial charge in [-0.3, -0.25) is 4.79 Å². The van der Waals surface area contributed by atoms with Gasteiger partial charge in [-0.05, 0) is 50.2 Å². The summed E-state index contributed by atoms with van der Waals surface area (Å²) in [5, 5.41) is 3.07. The van der Waals surface area contributed by atoms with Crippen LogP contribution < -0.4 is 10.1 Å². The number of carbonyl (C=O) groups excluding carboxylic acids is 1. The largest absolute Gasteiger partial charge is 0.497 e. The van der Waals surface area contributed by atoms with Crippen LogP contribution in [0.3, 0.4) is 0 Å². The Morgan fingerprint density at radius 3 is 2.36 bits per heavy atom. The zero-order valence-electron chi connectivity index (χ0n) is 15.4. The summed E-state index contributed by atoms with van der Waals surface area (Å²) in [6, 6.07) is 18.4. The summed E-state index contributed by atoms with van der Waals surface area (Å²) in [5.41, 5.74) is 2.44. The lowest BCUT2D eigenvalue weighted by atomic mass is 10.1. The summed E-state index contributed by atoms with van der Waals surface area (Å²) in [5.74, 6) is 0.947. The molecule has 2 rings (SSSR count). The molecule has 0 radical (unpaired) electrons. The van der Waals surface area contributed by atoms with Crippen molar-refractivity contribution in [3.63, 3.8) is 0 Å². The first-order valence-electron chi connectivity index (χ1n) is 8.71. The monoisotopic (exact) mass is 340 g/mol. The van der Waals surface area contributed by atoms with Crippen LogP contribution >= 0.6 is 0 Å². The van der Waals surface area contributed by atoms with Crippen LogP contribution in [0.4, 0.5) is 0 Å². The molecule has 0 saturated carbocycles. The number of amides is 1. The van der Waals surface area contributed by atoms with Crippen molar-refractivity contribution in [2.24, 2.45) is 0 Å². The second-order valence-corrected chi connectivity index (χ2v) is 6.40. The van der Waals surface area contributed by atoms with E-state index in [0.29, 0.717) is 13.0 Å². The molecule has 4 heteroatoms.